The molecule has 0 aliphatic rings. The van der Waals surface area contributed by atoms with E-state index in [0.29, 0.717) is 37.4 Å². The van der Waals surface area contributed by atoms with Crippen LogP contribution in [0.5, 0.6) is 0 Å². The zero-order chi connectivity index (χ0) is 19.8. The molecule has 2 heterocycles. The summed E-state index contributed by atoms with van der Waals surface area (Å²) in [6.07, 6.45) is 8.47. The number of carbonyl (C=O) groups is 1. The third-order valence-electron chi connectivity index (χ3n) is 3.79. The molecular formula is C20H19BrFN3O3. The lowest BCUT2D eigenvalue weighted by Crippen LogP contribution is -2.23. The van der Waals surface area contributed by atoms with Crippen LogP contribution in [-0.2, 0) is 16.1 Å². The molecule has 3 aromatic rings. The summed E-state index contributed by atoms with van der Waals surface area (Å²) < 4.78 is 27.1. The van der Waals surface area contributed by atoms with Crippen molar-refractivity contribution in [2.75, 3.05) is 13.2 Å². The number of aromatic nitrogens is 2. The van der Waals surface area contributed by atoms with Gasteiger partial charge in [0.25, 0.3) is 0 Å². The van der Waals surface area contributed by atoms with Gasteiger partial charge in [0.2, 0.25) is 5.91 Å². The van der Waals surface area contributed by atoms with Crippen LogP contribution in [0.3, 0.4) is 0 Å². The predicted octanol–water partition coefficient (Wildman–Crippen LogP) is 4.10. The lowest BCUT2D eigenvalue weighted by atomic mass is 10.2. The van der Waals surface area contributed by atoms with Crippen LogP contribution < -0.4 is 5.32 Å². The summed E-state index contributed by atoms with van der Waals surface area (Å²) in [5.74, 6) is 0.101. The van der Waals surface area contributed by atoms with Gasteiger partial charge in [0.15, 0.2) is 0 Å². The first-order chi connectivity index (χ1) is 13.6. The van der Waals surface area contributed by atoms with Gasteiger partial charge in [-0.25, -0.2) is 9.07 Å². The molecule has 0 aliphatic heterocycles. The molecule has 8 heteroatoms. The summed E-state index contributed by atoms with van der Waals surface area (Å²) in [6, 6.07) is 8.34. The van der Waals surface area contributed by atoms with Crippen molar-refractivity contribution in [2.45, 2.75) is 13.0 Å². The number of hydrogen-bond acceptors (Lipinski definition) is 4. The fourth-order valence-electron chi connectivity index (χ4n) is 2.43. The number of carbonyl (C=O) groups excluding carboxylic acids is 1. The molecule has 6 nitrogen and oxygen atoms in total. The van der Waals surface area contributed by atoms with Gasteiger partial charge in [0.1, 0.15) is 23.9 Å². The lowest BCUT2D eigenvalue weighted by Gasteiger charge is -2.05. The van der Waals surface area contributed by atoms with E-state index in [2.05, 4.69) is 26.3 Å². The average Bonchev–Trinajstić information content (AvgIpc) is 3.34. The Bertz CT molecular complexity index is 938. The second-order valence-electron chi connectivity index (χ2n) is 5.92. The average molecular weight is 448 g/mol. The van der Waals surface area contributed by atoms with Crippen LogP contribution in [0.15, 0.2) is 64.0 Å². The minimum Gasteiger partial charge on any atom is -0.467 e. The Labute approximate surface area is 170 Å². The standard InChI is InChI=1S/C20H19BrFN3O3/c21-16-12-24-25(13-16)19-6-4-15(11-18(19)22)5-7-20(26)23-8-2-9-27-14-17-3-1-10-28-17/h1,3-7,10-13H,2,8-9,14H2,(H,23,26)/b7-5+. The first-order valence-electron chi connectivity index (χ1n) is 8.68. The van der Waals surface area contributed by atoms with E-state index < -0.39 is 5.82 Å². The normalized spacial score (nSPS) is 11.2. The molecule has 0 saturated carbocycles. The Hall–Kier alpha value is -2.71. The molecule has 1 aromatic carbocycles. The van der Waals surface area contributed by atoms with Crippen LogP contribution in [0.2, 0.25) is 0 Å². The quantitative estimate of drug-likeness (QED) is 0.395. The van der Waals surface area contributed by atoms with Gasteiger partial charge in [0.05, 0.1) is 16.9 Å². The van der Waals surface area contributed by atoms with E-state index in [1.165, 1.54) is 16.8 Å². The molecule has 1 N–H and O–H groups in total. The molecule has 0 atom stereocenters. The summed E-state index contributed by atoms with van der Waals surface area (Å²) in [6.45, 7) is 1.42. The summed E-state index contributed by atoms with van der Waals surface area (Å²) in [4.78, 5) is 11.8. The van der Waals surface area contributed by atoms with Gasteiger partial charge in [-0.05, 0) is 58.3 Å². The molecular weight excluding hydrogens is 429 g/mol. The Morgan fingerprint density at radius 1 is 1.39 bits per heavy atom. The molecule has 0 radical (unpaired) electrons. The minimum absolute atomic E-state index is 0.244. The van der Waals surface area contributed by atoms with Gasteiger partial charge >= 0.3 is 0 Å². The van der Waals surface area contributed by atoms with Gasteiger partial charge in [-0.15, -0.1) is 0 Å². The fourth-order valence-corrected chi connectivity index (χ4v) is 2.71. The molecule has 28 heavy (non-hydrogen) atoms. The fraction of sp³-hybridized carbons (Fsp3) is 0.200. The van der Waals surface area contributed by atoms with Crippen molar-refractivity contribution < 1.29 is 18.3 Å². The zero-order valence-electron chi connectivity index (χ0n) is 15.0. The molecule has 146 valence electrons. The number of furan rings is 1. The van der Waals surface area contributed by atoms with Gasteiger partial charge in [0, 0.05) is 25.4 Å². The van der Waals surface area contributed by atoms with E-state index >= 15 is 0 Å². The van der Waals surface area contributed by atoms with E-state index in [4.69, 9.17) is 9.15 Å². The maximum atomic E-state index is 14.3. The number of hydrogen-bond donors (Lipinski definition) is 1. The molecule has 3 rings (SSSR count). The molecule has 0 unspecified atom stereocenters. The number of nitrogens with zero attached hydrogens (tertiary/aromatic N) is 2. The number of amides is 1. The summed E-state index contributed by atoms with van der Waals surface area (Å²) >= 11 is 3.28. The van der Waals surface area contributed by atoms with Gasteiger partial charge in [-0.3, -0.25) is 4.79 Å². The topological polar surface area (TPSA) is 69.3 Å². The Balaban J connectivity index is 1.40. The van der Waals surface area contributed by atoms with Crippen LogP contribution in [-0.4, -0.2) is 28.8 Å². The second-order valence-corrected chi connectivity index (χ2v) is 6.84. The molecule has 0 aliphatic carbocycles. The van der Waals surface area contributed by atoms with Crippen LogP contribution in [0.25, 0.3) is 11.8 Å². The van der Waals surface area contributed by atoms with Crippen molar-refractivity contribution in [3.63, 3.8) is 0 Å². The largest absolute Gasteiger partial charge is 0.467 e. The van der Waals surface area contributed by atoms with Crippen molar-refractivity contribution in [1.82, 2.24) is 15.1 Å². The van der Waals surface area contributed by atoms with Crippen LogP contribution >= 0.6 is 15.9 Å². The highest BCUT2D eigenvalue weighted by molar-refractivity contribution is 9.10. The highest BCUT2D eigenvalue weighted by atomic mass is 79.9. The first-order valence-corrected chi connectivity index (χ1v) is 9.47. The van der Waals surface area contributed by atoms with E-state index in [-0.39, 0.29) is 5.91 Å². The van der Waals surface area contributed by atoms with Crippen molar-refractivity contribution in [2.24, 2.45) is 0 Å². The van der Waals surface area contributed by atoms with Crippen LogP contribution in [0.4, 0.5) is 4.39 Å². The highest BCUT2D eigenvalue weighted by Gasteiger charge is 2.06. The maximum Gasteiger partial charge on any atom is 0.244 e. The van der Waals surface area contributed by atoms with Crippen molar-refractivity contribution >= 4 is 27.9 Å². The first kappa shape index (κ1) is 20.0. The molecule has 2 aromatic heterocycles. The zero-order valence-corrected chi connectivity index (χ0v) is 16.6. The molecule has 0 spiro atoms. The summed E-state index contributed by atoms with van der Waals surface area (Å²) in [7, 11) is 0. The third-order valence-corrected chi connectivity index (χ3v) is 4.20. The van der Waals surface area contributed by atoms with Gasteiger partial charge in [-0.1, -0.05) is 6.07 Å². The van der Waals surface area contributed by atoms with Crippen molar-refractivity contribution in [3.05, 3.63) is 76.7 Å². The Morgan fingerprint density at radius 2 is 2.29 bits per heavy atom. The number of benzene rings is 1. The minimum atomic E-state index is -0.424. The maximum absolute atomic E-state index is 14.3. The molecule has 0 bridgehead atoms. The predicted molar refractivity (Wildman–Crippen MR) is 106 cm³/mol. The smallest absolute Gasteiger partial charge is 0.244 e. The van der Waals surface area contributed by atoms with Crippen molar-refractivity contribution in [1.29, 1.82) is 0 Å². The summed E-state index contributed by atoms with van der Waals surface area (Å²) in [5.41, 5.74) is 0.922. The second kappa shape index (κ2) is 10.0. The van der Waals surface area contributed by atoms with E-state index in [1.807, 2.05) is 6.07 Å². The lowest BCUT2D eigenvalue weighted by molar-refractivity contribution is -0.116. The van der Waals surface area contributed by atoms with E-state index in [0.717, 1.165) is 10.2 Å². The van der Waals surface area contributed by atoms with Crippen molar-refractivity contribution in [3.8, 4) is 5.69 Å². The van der Waals surface area contributed by atoms with Gasteiger partial charge in [-0.2, -0.15) is 5.10 Å². The number of ether oxygens (including phenoxy) is 1. The molecule has 0 fully saturated rings. The molecule has 0 saturated heterocycles. The van der Waals surface area contributed by atoms with E-state index in [1.54, 1.807) is 42.9 Å². The number of halogens is 2. The van der Waals surface area contributed by atoms with E-state index in [9.17, 15) is 9.18 Å². The summed E-state index contributed by atoms with van der Waals surface area (Å²) in [5, 5.41) is 6.81. The monoisotopic (exact) mass is 447 g/mol. The van der Waals surface area contributed by atoms with Crippen LogP contribution in [0.1, 0.15) is 17.7 Å². The SMILES string of the molecule is O=C(/C=C/c1ccc(-n2cc(Br)cn2)c(F)c1)NCCCOCc1ccco1. The Kier molecular flexibility index (Phi) is 7.16. The highest BCUT2D eigenvalue weighted by Crippen LogP contribution is 2.17. The number of nitrogens with one attached hydrogen (secondary N) is 1. The third kappa shape index (κ3) is 5.90. The van der Waals surface area contributed by atoms with Crippen LogP contribution in [0, 0.1) is 5.82 Å². The Morgan fingerprint density at radius 3 is 3.00 bits per heavy atom. The van der Waals surface area contributed by atoms with Gasteiger partial charge < -0.3 is 14.5 Å². The molecule has 1 amide bonds. The number of rotatable bonds is 9.